The van der Waals surface area contributed by atoms with Gasteiger partial charge in [-0.15, -0.1) is 21.5 Å². The molecule has 3 N–H and O–H groups in total. The van der Waals surface area contributed by atoms with Crippen LogP contribution in [0, 0.1) is 0 Å². The maximum Gasteiger partial charge on any atom is 0.313 e. The van der Waals surface area contributed by atoms with E-state index in [1.807, 2.05) is 16.0 Å². The predicted octanol–water partition coefficient (Wildman–Crippen LogP) is 2.49. The number of carbonyl (C=O) groups is 1. The Balaban J connectivity index is 2.32. The zero-order valence-electron chi connectivity index (χ0n) is 11.0. The summed E-state index contributed by atoms with van der Waals surface area (Å²) in [6, 6.07) is 4.11. The monoisotopic (exact) mass is 312 g/mol. The molecule has 0 saturated carbocycles. The van der Waals surface area contributed by atoms with Gasteiger partial charge in [-0.25, -0.2) is 0 Å². The maximum atomic E-state index is 10.7. The molecule has 0 radical (unpaired) electrons. The summed E-state index contributed by atoms with van der Waals surface area (Å²) >= 11 is 2.80. The summed E-state index contributed by atoms with van der Waals surface area (Å²) in [7, 11) is 0. The van der Waals surface area contributed by atoms with Crippen molar-refractivity contribution in [2.24, 2.45) is 0 Å². The Morgan fingerprint density at radius 3 is 3.00 bits per heavy atom. The number of thioether (sulfide) groups is 1. The van der Waals surface area contributed by atoms with Crippen molar-refractivity contribution in [2.75, 3.05) is 11.5 Å². The Labute approximate surface area is 125 Å². The highest BCUT2D eigenvalue weighted by Crippen LogP contribution is 2.33. The van der Waals surface area contributed by atoms with Crippen molar-refractivity contribution in [2.45, 2.75) is 31.0 Å². The first-order chi connectivity index (χ1) is 9.63. The number of nitrogens with two attached hydrogens (primary N) is 1. The molecule has 20 heavy (non-hydrogen) atoms. The van der Waals surface area contributed by atoms with E-state index in [-0.39, 0.29) is 11.8 Å². The lowest BCUT2D eigenvalue weighted by Crippen LogP contribution is -2.14. The van der Waals surface area contributed by atoms with Crippen LogP contribution in [0.1, 0.15) is 30.7 Å². The van der Waals surface area contributed by atoms with Crippen LogP contribution in [0.25, 0.3) is 0 Å². The normalized spacial score (nSPS) is 12.4. The number of rotatable bonds is 7. The second-order valence-electron chi connectivity index (χ2n) is 4.21. The molecule has 8 heteroatoms. The predicted molar refractivity (Wildman–Crippen MR) is 80.2 cm³/mol. The van der Waals surface area contributed by atoms with Crippen molar-refractivity contribution in [3.63, 3.8) is 0 Å². The van der Waals surface area contributed by atoms with Gasteiger partial charge in [-0.05, 0) is 17.9 Å². The third kappa shape index (κ3) is 3.31. The quantitative estimate of drug-likeness (QED) is 0.763. The second kappa shape index (κ2) is 6.76. The van der Waals surface area contributed by atoms with E-state index in [1.165, 1.54) is 4.88 Å². The zero-order valence-corrected chi connectivity index (χ0v) is 12.7. The van der Waals surface area contributed by atoms with E-state index < -0.39 is 5.97 Å². The second-order valence-corrected chi connectivity index (χ2v) is 6.13. The van der Waals surface area contributed by atoms with Gasteiger partial charge >= 0.3 is 5.97 Å². The van der Waals surface area contributed by atoms with E-state index in [0.717, 1.165) is 24.6 Å². The standard InChI is InChI=1S/C12H16N4O2S2/c1-2-4-8(9-5-3-6-19-9)16-11(13)14-15-12(16)20-7-10(17)18/h3,5-6,8H,2,4,7H2,1H3,(H2,13,14)(H,17,18). The molecule has 2 aromatic rings. The molecular formula is C12H16N4O2S2. The number of thiophene rings is 1. The lowest BCUT2D eigenvalue weighted by molar-refractivity contribution is -0.133. The summed E-state index contributed by atoms with van der Waals surface area (Å²) in [5.41, 5.74) is 5.92. The van der Waals surface area contributed by atoms with E-state index in [9.17, 15) is 4.79 Å². The van der Waals surface area contributed by atoms with Crippen molar-refractivity contribution in [1.29, 1.82) is 0 Å². The van der Waals surface area contributed by atoms with Crippen LogP contribution in [-0.4, -0.2) is 31.6 Å². The van der Waals surface area contributed by atoms with Gasteiger partial charge in [0.25, 0.3) is 0 Å². The van der Waals surface area contributed by atoms with Gasteiger partial charge in [0.1, 0.15) is 0 Å². The minimum atomic E-state index is -0.883. The lowest BCUT2D eigenvalue weighted by atomic mass is 10.1. The molecule has 6 nitrogen and oxygen atoms in total. The summed E-state index contributed by atoms with van der Waals surface area (Å²) in [4.78, 5) is 11.9. The van der Waals surface area contributed by atoms with E-state index in [0.29, 0.717) is 11.1 Å². The van der Waals surface area contributed by atoms with Crippen LogP contribution in [0.3, 0.4) is 0 Å². The highest BCUT2D eigenvalue weighted by molar-refractivity contribution is 7.99. The fourth-order valence-electron chi connectivity index (χ4n) is 1.96. The highest BCUT2D eigenvalue weighted by atomic mass is 32.2. The lowest BCUT2D eigenvalue weighted by Gasteiger charge is -2.19. The van der Waals surface area contributed by atoms with Crippen molar-refractivity contribution >= 4 is 35.0 Å². The van der Waals surface area contributed by atoms with Crippen molar-refractivity contribution < 1.29 is 9.90 Å². The molecule has 0 spiro atoms. The molecule has 1 atom stereocenters. The molecule has 0 aliphatic heterocycles. The Hall–Kier alpha value is -1.54. The third-order valence-electron chi connectivity index (χ3n) is 2.76. The number of anilines is 1. The number of nitrogen functional groups attached to an aromatic ring is 1. The van der Waals surface area contributed by atoms with Crippen LogP contribution in [0.15, 0.2) is 22.7 Å². The number of carboxylic acid groups (broad SMARTS) is 1. The molecule has 0 amide bonds. The SMILES string of the molecule is CCCC(c1cccs1)n1c(N)nnc1SCC(=O)O. The van der Waals surface area contributed by atoms with Crippen LogP contribution in [0.4, 0.5) is 5.95 Å². The highest BCUT2D eigenvalue weighted by Gasteiger charge is 2.22. The van der Waals surface area contributed by atoms with Crippen molar-refractivity contribution in [3.05, 3.63) is 22.4 Å². The average Bonchev–Trinajstić information content (AvgIpc) is 3.04. The topological polar surface area (TPSA) is 94.0 Å². The molecule has 0 saturated heterocycles. The van der Waals surface area contributed by atoms with Crippen LogP contribution >= 0.6 is 23.1 Å². The molecule has 0 aliphatic carbocycles. The van der Waals surface area contributed by atoms with Gasteiger partial charge in [-0.3, -0.25) is 9.36 Å². The molecule has 2 heterocycles. The molecule has 0 aromatic carbocycles. The Kier molecular flexibility index (Phi) is 5.02. The summed E-state index contributed by atoms with van der Waals surface area (Å²) in [5, 5.41) is 19.2. The number of aliphatic carboxylic acids is 1. The summed E-state index contributed by atoms with van der Waals surface area (Å²) in [5.74, 6) is -0.613. The van der Waals surface area contributed by atoms with Gasteiger partial charge in [0.2, 0.25) is 5.95 Å². The summed E-state index contributed by atoms with van der Waals surface area (Å²) in [6.07, 6.45) is 1.90. The minimum absolute atomic E-state index is 0.0541. The smallest absolute Gasteiger partial charge is 0.313 e. The molecule has 0 aliphatic rings. The number of aromatic nitrogens is 3. The first-order valence-corrected chi connectivity index (χ1v) is 8.08. The van der Waals surface area contributed by atoms with Crippen molar-refractivity contribution in [1.82, 2.24) is 14.8 Å². The van der Waals surface area contributed by atoms with E-state index in [1.54, 1.807) is 11.3 Å². The molecule has 0 fully saturated rings. The summed E-state index contributed by atoms with van der Waals surface area (Å²) < 4.78 is 1.84. The molecule has 2 rings (SSSR count). The number of hydrogen-bond acceptors (Lipinski definition) is 6. The third-order valence-corrected chi connectivity index (χ3v) is 4.66. The minimum Gasteiger partial charge on any atom is -0.481 e. The first kappa shape index (κ1) is 14.9. The van der Waals surface area contributed by atoms with Gasteiger partial charge in [0.15, 0.2) is 5.16 Å². The van der Waals surface area contributed by atoms with Crippen LogP contribution in [0.5, 0.6) is 0 Å². The Bertz CT molecular complexity index is 568. The van der Waals surface area contributed by atoms with Crippen LogP contribution in [-0.2, 0) is 4.79 Å². The van der Waals surface area contributed by atoms with Crippen molar-refractivity contribution in [3.8, 4) is 0 Å². The van der Waals surface area contributed by atoms with Gasteiger partial charge in [-0.2, -0.15) is 0 Å². The van der Waals surface area contributed by atoms with E-state index in [2.05, 4.69) is 23.2 Å². The molecule has 0 bridgehead atoms. The van der Waals surface area contributed by atoms with E-state index >= 15 is 0 Å². The molecule has 2 aromatic heterocycles. The number of nitrogens with zero attached hydrogens (tertiary/aromatic N) is 3. The van der Waals surface area contributed by atoms with Gasteiger partial charge in [0.05, 0.1) is 11.8 Å². The van der Waals surface area contributed by atoms with Crippen LogP contribution < -0.4 is 5.73 Å². The fraction of sp³-hybridized carbons (Fsp3) is 0.417. The Morgan fingerprint density at radius 2 is 2.40 bits per heavy atom. The summed E-state index contributed by atoms with van der Waals surface area (Å²) in [6.45, 7) is 2.10. The fourth-order valence-corrected chi connectivity index (χ4v) is 3.52. The largest absolute Gasteiger partial charge is 0.481 e. The van der Waals surface area contributed by atoms with Gasteiger partial charge in [-0.1, -0.05) is 31.2 Å². The Morgan fingerprint density at radius 1 is 1.60 bits per heavy atom. The maximum absolute atomic E-state index is 10.7. The zero-order chi connectivity index (χ0) is 14.5. The number of hydrogen-bond donors (Lipinski definition) is 2. The first-order valence-electron chi connectivity index (χ1n) is 6.21. The molecular weight excluding hydrogens is 296 g/mol. The number of carboxylic acids is 1. The van der Waals surface area contributed by atoms with E-state index in [4.69, 9.17) is 10.8 Å². The van der Waals surface area contributed by atoms with Gasteiger partial charge in [0, 0.05) is 4.88 Å². The molecule has 108 valence electrons. The van der Waals surface area contributed by atoms with Gasteiger partial charge < -0.3 is 10.8 Å². The average molecular weight is 312 g/mol. The molecule has 1 unspecified atom stereocenters. The van der Waals surface area contributed by atoms with Crippen LogP contribution in [0.2, 0.25) is 0 Å².